The van der Waals surface area contributed by atoms with Crippen LogP contribution in [-0.4, -0.2) is 59.0 Å². The number of nitrogens with zero attached hydrogens (tertiary/aromatic N) is 2. The number of aliphatic hydroxyl groups excluding tert-OH is 3. The van der Waals surface area contributed by atoms with Crippen LogP contribution in [0.2, 0.25) is 0 Å². The van der Waals surface area contributed by atoms with Crippen molar-refractivity contribution in [3.8, 4) is 0 Å². The molecule has 1 heterocycles. The monoisotopic (exact) mass is 307 g/mol. The molecule has 1 rings (SSSR count). The van der Waals surface area contributed by atoms with Crippen molar-refractivity contribution in [3.63, 3.8) is 0 Å². The molecular formula is C9H13N3O7S. The zero-order valence-electron chi connectivity index (χ0n) is 10.1. The van der Waals surface area contributed by atoms with Crippen molar-refractivity contribution in [3.05, 3.63) is 28.4 Å². The van der Waals surface area contributed by atoms with Crippen molar-refractivity contribution in [2.45, 2.75) is 10.4 Å². The van der Waals surface area contributed by atoms with E-state index in [-0.39, 0.29) is 0 Å². The lowest BCUT2D eigenvalue weighted by atomic mass is 10.1. The van der Waals surface area contributed by atoms with E-state index in [4.69, 9.17) is 15.3 Å². The lowest BCUT2D eigenvalue weighted by Gasteiger charge is -2.27. The van der Waals surface area contributed by atoms with Crippen molar-refractivity contribution >= 4 is 15.8 Å². The minimum Gasteiger partial charge on any atom is -0.394 e. The molecular weight excluding hydrogens is 294 g/mol. The molecule has 0 aliphatic heterocycles. The summed E-state index contributed by atoms with van der Waals surface area (Å²) in [4.78, 5) is 12.6. The molecule has 0 fully saturated rings. The number of aliphatic hydroxyl groups is 3. The predicted molar refractivity (Wildman–Crippen MR) is 65.2 cm³/mol. The van der Waals surface area contributed by atoms with Crippen LogP contribution in [0, 0.1) is 10.1 Å². The fourth-order valence-electron chi connectivity index (χ4n) is 1.23. The third-order valence-electron chi connectivity index (χ3n) is 2.48. The van der Waals surface area contributed by atoms with Crippen LogP contribution >= 0.6 is 0 Å². The van der Waals surface area contributed by atoms with Gasteiger partial charge in [0, 0.05) is 6.07 Å². The third kappa shape index (κ3) is 3.46. The summed E-state index contributed by atoms with van der Waals surface area (Å²) in [5.41, 5.74) is -1.83. The SMILES string of the molecule is O=[N+]([O-])c1ccc(S(=O)(=O)NC(CO)(CO)CO)cn1. The highest BCUT2D eigenvalue weighted by Gasteiger charge is 2.34. The average Bonchev–Trinajstić information content (AvgIpc) is 2.45. The van der Waals surface area contributed by atoms with Crippen molar-refractivity contribution in [2.24, 2.45) is 0 Å². The van der Waals surface area contributed by atoms with Crippen LogP contribution in [0.3, 0.4) is 0 Å². The van der Waals surface area contributed by atoms with E-state index in [1.165, 1.54) is 0 Å². The van der Waals surface area contributed by atoms with E-state index < -0.39 is 51.0 Å². The second-order valence-electron chi connectivity index (χ2n) is 3.97. The van der Waals surface area contributed by atoms with E-state index in [9.17, 15) is 18.5 Å². The average molecular weight is 307 g/mol. The number of nitro groups is 1. The molecule has 0 aromatic carbocycles. The number of rotatable bonds is 7. The van der Waals surface area contributed by atoms with Crippen molar-refractivity contribution in [1.82, 2.24) is 9.71 Å². The summed E-state index contributed by atoms with van der Waals surface area (Å²) in [5.74, 6) is -0.526. The molecule has 0 spiro atoms. The number of pyridine rings is 1. The summed E-state index contributed by atoms with van der Waals surface area (Å²) in [7, 11) is -4.21. The van der Waals surface area contributed by atoms with Crippen molar-refractivity contribution < 1.29 is 28.7 Å². The van der Waals surface area contributed by atoms with E-state index in [1.54, 1.807) is 0 Å². The van der Waals surface area contributed by atoms with Crippen LogP contribution in [0.25, 0.3) is 0 Å². The second kappa shape index (κ2) is 6.19. The normalized spacial score (nSPS) is 12.3. The fraction of sp³-hybridized carbons (Fsp3) is 0.444. The van der Waals surface area contributed by atoms with Gasteiger partial charge in [-0.2, -0.15) is 4.72 Å². The predicted octanol–water partition coefficient (Wildman–Crippen LogP) is -2.02. The Bertz CT molecular complexity index is 559. The minimum absolute atomic E-state index is 0.400. The van der Waals surface area contributed by atoms with Crippen LogP contribution in [0.5, 0.6) is 0 Å². The van der Waals surface area contributed by atoms with E-state index in [1.807, 2.05) is 4.72 Å². The van der Waals surface area contributed by atoms with Crippen LogP contribution in [0.1, 0.15) is 0 Å². The van der Waals surface area contributed by atoms with Gasteiger partial charge in [0.15, 0.2) is 6.20 Å². The van der Waals surface area contributed by atoms with Gasteiger partial charge in [-0.05, 0) is 16.0 Å². The van der Waals surface area contributed by atoms with Gasteiger partial charge in [0.1, 0.15) is 10.4 Å². The van der Waals surface area contributed by atoms with Gasteiger partial charge in [0.05, 0.1) is 19.8 Å². The lowest BCUT2D eigenvalue weighted by Crippen LogP contribution is -2.56. The lowest BCUT2D eigenvalue weighted by molar-refractivity contribution is -0.389. The van der Waals surface area contributed by atoms with Crippen molar-refractivity contribution in [1.29, 1.82) is 0 Å². The molecule has 0 aliphatic carbocycles. The van der Waals surface area contributed by atoms with Crippen LogP contribution < -0.4 is 4.72 Å². The quantitative estimate of drug-likeness (QED) is 0.331. The first-order chi connectivity index (χ1) is 9.30. The maximum Gasteiger partial charge on any atom is 0.363 e. The van der Waals surface area contributed by atoms with E-state index in [2.05, 4.69) is 4.98 Å². The van der Waals surface area contributed by atoms with Gasteiger partial charge >= 0.3 is 5.82 Å². The van der Waals surface area contributed by atoms with Gasteiger partial charge in [-0.1, -0.05) is 0 Å². The van der Waals surface area contributed by atoms with Gasteiger partial charge < -0.3 is 25.4 Å². The van der Waals surface area contributed by atoms with E-state index in [0.29, 0.717) is 0 Å². The Morgan fingerprint density at radius 2 is 1.80 bits per heavy atom. The highest BCUT2D eigenvalue weighted by atomic mass is 32.2. The molecule has 0 atom stereocenters. The molecule has 11 heteroatoms. The Hall–Kier alpha value is -1.66. The van der Waals surface area contributed by atoms with Gasteiger partial charge in [-0.3, -0.25) is 0 Å². The Morgan fingerprint density at radius 1 is 1.25 bits per heavy atom. The topological polar surface area (TPSA) is 163 Å². The number of aromatic nitrogens is 1. The maximum atomic E-state index is 12.0. The zero-order chi connectivity index (χ0) is 15.4. The second-order valence-corrected chi connectivity index (χ2v) is 5.65. The number of nitrogens with one attached hydrogen (secondary N) is 1. The molecule has 112 valence electrons. The molecule has 0 saturated heterocycles. The molecule has 0 aliphatic rings. The Labute approximate surface area is 113 Å². The molecule has 1 aromatic rings. The minimum atomic E-state index is -4.21. The molecule has 0 saturated carbocycles. The molecule has 4 N–H and O–H groups in total. The highest BCUT2D eigenvalue weighted by Crippen LogP contribution is 2.15. The first-order valence-corrected chi connectivity index (χ1v) is 6.75. The molecule has 0 amide bonds. The first kappa shape index (κ1) is 16.4. The summed E-state index contributed by atoms with van der Waals surface area (Å²) in [6, 6.07) is 1.84. The van der Waals surface area contributed by atoms with Gasteiger partial charge in [0.25, 0.3) is 0 Å². The van der Waals surface area contributed by atoms with E-state index >= 15 is 0 Å². The third-order valence-corrected chi connectivity index (χ3v) is 4.04. The number of hydrogen-bond donors (Lipinski definition) is 4. The molecule has 10 nitrogen and oxygen atoms in total. The summed E-state index contributed by atoms with van der Waals surface area (Å²) in [5, 5.41) is 37.6. The number of sulfonamides is 1. The largest absolute Gasteiger partial charge is 0.394 e. The maximum absolute atomic E-state index is 12.0. The van der Waals surface area contributed by atoms with Crippen molar-refractivity contribution in [2.75, 3.05) is 19.8 Å². The van der Waals surface area contributed by atoms with E-state index in [0.717, 1.165) is 18.3 Å². The smallest absolute Gasteiger partial charge is 0.363 e. The first-order valence-electron chi connectivity index (χ1n) is 5.27. The standard InChI is InChI=1S/C9H13N3O7S/c13-4-9(5-14,6-15)11-20(18,19)7-1-2-8(10-3-7)12(16)17/h1-3,11,13-15H,4-6H2. The molecule has 1 aromatic heterocycles. The summed E-state index contributed by atoms with van der Waals surface area (Å²) in [6.45, 7) is -2.50. The Kier molecular flexibility index (Phi) is 5.08. The van der Waals surface area contributed by atoms with Crippen LogP contribution in [-0.2, 0) is 10.0 Å². The summed E-state index contributed by atoms with van der Waals surface area (Å²) < 4.78 is 25.8. The Morgan fingerprint density at radius 3 is 2.15 bits per heavy atom. The molecule has 0 radical (unpaired) electrons. The van der Waals surface area contributed by atoms with Gasteiger partial charge in [-0.25, -0.2) is 8.42 Å². The Balaban J connectivity index is 3.07. The zero-order valence-corrected chi connectivity index (χ0v) is 10.9. The fourth-order valence-corrected chi connectivity index (χ4v) is 2.55. The molecule has 0 bridgehead atoms. The van der Waals surface area contributed by atoms with Gasteiger partial charge in [-0.15, -0.1) is 0 Å². The van der Waals surface area contributed by atoms with Crippen LogP contribution in [0.15, 0.2) is 23.2 Å². The summed E-state index contributed by atoms with van der Waals surface area (Å²) in [6.07, 6.45) is 0.761. The van der Waals surface area contributed by atoms with Crippen LogP contribution in [0.4, 0.5) is 5.82 Å². The van der Waals surface area contributed by atoms with Gasteiger partial charge in [0.2, 0.25) is 10.0 Å². The molecule has 20 heavy (non-hydrogen) atoms. The molecule has 0 unspecified atom stereocenters. The summed E-state index contributed by atoms with van der Waals surface area (Å²) >= 11 is 0. The highest BCUT2D eigenvalue weighted by molar-refractivity contribution is 7.89. The number of hydrogen-bond acceptors (Lipinski definition) is 8.